The van der Waals surface area contributed by atoms with Crippen LogP contribution in [-0.4, -0.2) is 37.7 Å². The van der Waals surface area contributed by atoms with Crippen molar-refractivity contribution in [2.45, 2.75) is 72.3 Å². The van der Waals surface area contributed by atoms with E-state index in [0.29, 0.717) is 0 Å². The molecule has 192 valence electrons. The summed E-state index contributed by atoms with van der Waals surface area (Å²) in [5.74, 6) is 0.743. The Morgan fingerprint density at radius 1 is 1.21 bits per heavy atom. The van der Waals surface area contributed by atoms with Crippen molar-refractivity contribution >= 4 is 24.1 Å². The zero-order valence-electron chi connectivity index (χ0n) is 22.9. The summed E-state index contributed by atoms with van der Waals surface area (Å²) in [7, 11) is 1.88. The molecule has 0 fully saturated rings. The maximum absolute atomic E-state index is 10.4. The van der Waals surface area contributed by atoms with Gasteiger partial charge in [-0.15, -0.1) is 11.8 Å². The lowest BCUT2D eigenvalue weighted by Crippen LogP contribution is -2.17. The summed E-state index contributed by atoms with van der Waals surface area (Å²) >= 11 is 1.64. The van der Waals surface area contributed by atoms with Crippen molar-refractivity contribution in [3.05, 3.63) is 64.9 Å². The maximum Gasteiger partial charge on any atom is 0.142 e. The van der Waals surface area contributed by atoms with Crippen molar-refractivity contribution in [1.29, 1.82) is 0 Å². The number of carbonyl (C=O) groups excluding carboxylic acids is 1. The Balaban J connectivity index is 0. The second-order valence-corrected chi connectivity index (χ2v) is 8.58. The lowest BCUT2D eigenvalue weighted by molar-refractivity contribution is -0.104. The number of nitrogens with zero attached hydrogens (tertiary/aromatic N) is 1. The molecule has 3 N–H and O–H groups in total. The molecule has 5 heteroatoms. The molecule has 1 unspecified atom stereocenters. The van der Waals surface area contributed by atoms with Crippen molar-refractivity contribution in [2.24, 2.45) is 11.7 Å². The second kappa shape index (κ2) is 24.2. The highest BCUT2D eigenvalue weighted by molar-refractivity contribution is 7.98. The van der Waals surface area contributed by atoms with E-state index >= 15 is 0 Å². The summed E-state index contributed by atoms with van der Waals surface area (Å²) in [4.78, 5) is 15.1. The van der Waals surface area contributed by atoms with Gasteiger partial charge in [-0.05, 0) is 69.2 Å². The number of hydrogen-bond donors (Lipinski definition) is 2. The molecule has 0 amide bonds. The first-order chi connectivity index (χ1) is 16.5. The van der Waals surface area contributed by atoms with E-state index in [0.717, 1.165) is 48.7 Å². The Morgan fingerprint density at radius 3 is 2.24 bits per heavy atom. The van der Waals surface area contributed by atoms with E-state index in [-0.39, 0.29) is 0 Å². The van der Waals surface area contributed by atoms with E-state index < -0.39 is 0 Å². The third kappa shape index (κ3) is 16.6. The topological polar surface area (TPSA) is 68.0 Å². The Morgan fingerprint density at radius 2 is 1.82 bits per heavy atom. The summed E-state index contributed by atoms with van der Waals surface area (Å²) in [6.45, 7) is 14.3. The molecule has 2 aromatic rings. The number of benzene rings is 1. The van der Waals surface area contributed by atoms with Gasteiger partial charge in [0.2, 0.25) is 0 Å². The molecule has 1 aliphatic carbocycles. The van der Waals surface area contributed by atoms with Crippen LogP contribution in [0.15, 0.2) is 47.5 Å². The average molecular weight is 488 g/mol. The molecule has 1 heterocycles. The molecule has 0 radical (unpaired) electrons. The van der Waals surface area contributed by atoms with Crippen LogP contribution in [0.4, 0.5) is 0 Å². The molecule has 0 spiro atoms. The molecule has 1 atom stereocenters. The molecule has 0 aliphatic heterocycles. The highest BCUT2D eigenvalue weighted by Crippen LogP contribution is 2.29. The van der Waals surface area contributed by atoms with Gasteiger partial charge in [-0.3, -0.25) is 4.79 Å². The van der Waals surface area contributed by atoms with Gasteiger partial charge in [-0.2, -0.15) is 0 Å². The first-order valence-electron chi connectivity index (χ1n) is 12.5. The lowest BCUT2D eigenvalue weighted by Gasteiger charge is -2.21. The average Bonchev–Trinajstić information content (AvgIpc) is 2.85. The minimum atomic E-state index is 0.733. The van der Waals surface area contributed by atoms with Gasteiger partial charge in [0.15, 0.2) is 0 Å². The quantitative estimate of drug-likeness (QED) is 0.278. The molecular formula is C29H49N3OS. The van der Waals surface area contributed by atoms with Crippen molar-refractivity contribution in [1.82, 2.24) is 10.3 Å². The Bertz CT molecular complexity index is 761. The number of rotatable bonds is 5. The summed E-state index contributed by atoms with van der Waals surface area (Å²) in [5, 5.41) is 3.92. The number of aromatic nitrogens is 1. The Kier molecular flexibility index (Phi) is 24.3. The minimum Gasteiger partial charge on any atom is -0.329 e. The fourth-order valence-electron chi connectivity index (χ4n) is 2.95. The van der Waals surface area contributed by atoms with Gasteiger partial charge in [0.05, 0.1) is 0 Å². The van der Waals surface area contributed by atoms with Crippen LogP contribution in [0, 0.1) is 12.8 Å². The number of pyridine rings is 1. The van der Waals surface area contributed by atoms with Crippen molar-refractivity contribution in [3.63, 3.8) is 0 Å². The Labute approximate surface area is 214 Å². The fourth-order valence-corrected chi connectivity index (χ4v) is 3.51. The van der Waals surface area contributed by atoms with Gasteiger partial charge in [-0.1, -0.05) is 76.9 Å². The molecule has 4 nitrogen and oxygen atoms in total. The SMILES string of the molecule is CC.CCC.CNCCN.CSc1nc2c(cc1/C=C/C=O)CC(C)CC2.Cc1ccccc1. The summed E-state index contributed by atoms with van der Waals surface area (Å²) in [5.41, 5.74) is 10.1. The molecule has 0 bridgehead atoms. The number of allylic oxidation sites excluding steroid dienone is 1. The summed E-state index contributed by atoms with van der Waals surface area (Å²) in [6, 6.07) is 12.5. The smallest absolute Gasteiger partial charge is 0.142 e. The summed E-state index contributed by atoms with van der Waals surface area (Å²) in [6.07, 6.45) is 10.9. The number of nitrogens with two attached hydrogens (primary N) is 1. The fraction of sp³-hybridized carbons (Fsp3) is 0.517. The zero-order chi connectivity index (χ0) is 26.2. The standard InChI is InChI=1S/C14H17NOS.C7H8.C3H10N2.C3H8.C2H6/c1-10-5-6-13-12(8-10)9-11(4-3-7-16)14(15-13)17-2;1-7-5-3-2-4-6-7;1-5-3-2-4;1-3-2;1-2/h3-4,7,9-10H,5-6,8H2,1-2H3;2-6H,1H3;5H,2-4H2,1H3;3H2,1-2H3;1-2H3/b4-3+;;;;. The first-order valence-corrected chi connectivity index (χ1v) is 13.7. The number of thioether (sulfide) groups is 1. The van der Waals surface area contributed by atoms with Crippen LogP contribution in [0.2, 0.25) is 0 Å². The van der Waals surface area contributed by atoms with E-state index in [9.17, 15) is 4.79 Å². The molecule has 1 aliphatic rings. The summed E-state index contributed by atoms with van der Waals surface area (Å²) < 4.78 is 0. The normalized spacial score (nSPS) is 13.4. The lowest BCUT2D eigenvalue weighted by atomic mass is 9.87. The number of carbonyl (C=O) groups is 1. The predicted octanol–water partition coefficient (Wildman–Crippen LogP) is 6.74. The highest BCUT2D eigenvalue weighted by Gasteiger charge is 2.18. The van der Waals surface area contributed by atoms with Crippen LogP contribution in [-0.2, 0) is 17.6 Å². The predicted molar refractivity (Wildman–Crippen MR) is 154 cm³/mol. The van der Waals surface area contributed by atoms with E-state index in [1.807, 2.05) is 51.4 Å². The van der Waals surface area contributed by atoms with Crippen LogP contribution in [0.1, 0.15) is 69.8 Å². The van der Waals surface area contributed by atoms with Gasteiger partial charge < -0.3 is 11.1 Å². The minimum absolute atomic E-state index is 0.733. The third-order valence-electron chi connectivity index (χ3n) is 4.51. The highest BCUT2D eigenvalue weighted by atomic mass is 32.2. The zero-order valence-corrected chi connectivity index (χ0v) is 23.7. The molecule has 0 saturated carbocycles. The van der Waals surface area contributed by atoms with Gasteiger partial charge >= 0.3 is 0 Å². The number of nitrogens with one attached hydrogen (secondary N) is 1. The van der Waals surface area contributed by atoms with Gasteiger partial charge in [-0.25, -0.2) is 4.98 Å². The van der Waals surface area contributed by atoms with Gasteiger partial charge in [0.25, 0.3) is 0 Å². The Hall–Kier alpha value is -1.95. The van der Waals surface area contributed by atoms with E-state index in [4.69, 9.17) is 10.7 Å². The van der Waals surface area contributed by atoms with Crippen molar-refractivity contribution < 1.29 is 4.79 Å². The molecule has 0 saturated heterocycles. The number of fused-ring (bicyclic) bond motifs is 1. The third-order valence-corrected chi connectivity index (χ3v) is 5.22. The van der Waals surface area contributed by atoms with Crippen LogP contribution in [0.25, 0.3) is 6.08 Å². The second-order valence-electron chi connectivity index (χ2n) is 7.79. The van der Waals surface area contributed by atoms with Gasteiger partial charge in [0, 0.05) is 24.3 Å². The van der Waals surface area contributed by atoms with Crippen LogP contribution < -0.4 is 11.1 Å². The monoisotopic (exact) mass is 487 g/mol. The van der Waals surface area contributed by atoms with E-state index in [1.165, 1.54) is 35.7 Å². The number of aryl methyl sites for hydroxylation is 2. The first kappa shape index (κ1) is 34.2. The van der Waals surface area contributed by atoms with Crippen LogP contribution in [0.5, 0.6) is 0 Å². The van der Waals surface area contributed by atoms with Crippen LogP contribution >= 0.6 is 11.8 Å². The molecule has 1 aromatic heterocycles. The van der Waals surface area contributed by atoms with E-state index in [2.05, 4.69) is 51.2 Å². The van der Waals surface area contributed by atoms with Gasteiger partial charge in [0.1, 0.15) is 11.3 Å². The number of hydrogen-bond acceptors (Lipinski definition) is 5. The maximum atomic E-state index is 10.4. The largest absolute Gasteiger partial charge is 0.329 e. The molecule has 1 aromatic carbocycles. The molecule has 34 heavy (non-hydrogen) atoms. The van der Waals surface area contributed by atoms with Crippen molar-refractivity contribution in [3.8, 4) is 0 Å². The molecule has 3 rings (SSSR count). The van der Waals surface area contributed by atoms with Crippen LogP contribution in [0.3, 0.4) is 0 Å². The van der Waals surface area contributed by atoms with Crippen molar-refractivity contribution in [2.75, 3.05) is 26.4 Å². The van der Waals surface area contributed by atoms with E-state index in [1.54, 1.807) is 11.8 Å². The number of likely N-dealkylation sites (N-methyl/N-ethyl adjacent to an activating group) is 1. The molecular weight excluding hydrogens is 438 g/mol. The number of aldehydes is 1.